The third kappa shape index (κ3) is 3.20. The lowest BCUT2D eigenvalue weighted by Gasteiger charge is -2.11. The molecule has 0 spiro atoms. The Labute approximate surface area is 101 Å². The van der Waals surface area contributed by atoms with Crippen LogP contribution in [0.3, 0.4) is 0 Å². The first-order chi connectivity index (χ1) is 8.29. The SMILES string of the molecule is COC(=O)c1ccc(NCC2CCNC2)cc1. The summed E-state index contributed by atoms with van der Waals surface area (Å²) in [4.78, 5) is 11.2. The van der Waals surface area contributed by atoms with Gasteiger partial charge in [-0.05, 0) is 49.7 Å². The first-order valence-corrected chi connectivity index (χ1v) is 5.92. The Morgan fingerprint density at radius 3 is 2.82 bits per heavy atom. The predicted octanol–water partition coefficient (Wildman–Crippen LogP) is 1.49. The van der Waals surface area contributed by atoms with Gasteiger partial charge in [-0.1, -0.05) is 0 Å². The molecule has 1 aromatic rings. The summed E-state index contributed by atoms with van der Waals surface area (Å²) in [6, 6.07) is 7.38. The lowest BCUT2D eigenvalue weighted by atomic mass is 10.1. The number of ether oxygens (including phenoxy) is 1. The lowest BCUT2D eigenvalue weighted by molar-refractivity contribution is 0.0601. The molecule has 1 unspecified atom stereocenters. The Morgan fingerprint density at radius 1 is 1.47 bits per heavy atom. The molecule has 4 heteroatoms. The van der Waals surface area contributed by atoms with Crippen LogP contribution in [0.2, 0.25) is 0 Å². The highest BCUT2D eigenvalue weighted by Crippen LogP contribution is 2.13. The monoisotopic (exact) mass is 234 g/mol. The number of hydrogen-bond donors (Lipinski definition) is 2. The minimum atomic E-state index is -0.295. The van der Waals surface area contributed by atoms with Crippen molar-refractivity contribution in [2.24, 2.45) is 5.92 Å². The van der Waals surface area contributed by atoms with E-state index in [2.05, 4.69) is 15.4 Å². The largest absolute Gasteiger partial charge is 0.465 e. The highest BCUT2D eigenvalue weighted by molar-refractivity contribution is 5.89. The molecule has 1 aromatic carbocycles. The van der Waals surface area contributed by atoms with Gasteiger partial charge in [-0.25, -0.2) is 4.79 Å². The molecular weight excluding hydrogens is 216 g/mol. The van der Waals surface area contributed by atoms with Crippen LogP contribution in [0, 0.1) is 5.92 Å². The van der Waals surface area contributed by atoms with Crippen molar-refractivity contribution in [3.8, 4) is 0 Å². The molecule has 92 valence electrons. The van der Waals surface area contributed by atoms with Gasteiger partial charge in [-0.3, -0.25) is 0 Å². The van der Waals surface area contributed by atoms with Gasteiger partial charge < -0.3 is 15.4 Å². The third-order valence-corrected chi connectivity index (χ3v) is 3.06. The van der Waals surface area contributed by atoms with Gasteiger partial charge in [-0.15, -0.1) is 0 Å². The van der Waals surface area contributed by atoms with E-state index in [1.54, 1.807) is 12.1 Å². The van der Waals surface area contributed by atoms with E-state index in [4.69, 9.17) is 0 Å². The molecule has 1 heterocycles. The van der Waals surface area contributed by atoms with Crippen LogP contribution in [0.1, 0.15) is 16.8 Å². The zero-order chi connectivity index (χ0) is 12.1. The first-order valence-electron chi connectivity index (χ1n) is 5.92. The molecule has 2 rings (SSSR count). The van der Waals surface area contributed by atoms with E-state index in [1.165, 1.54) is 13.5 Å². The zero-order valence-corrected chi connectivity index (χ0v) is 10.0. The molecule has 0 bridgehead atoms. The van der Waals surface area contributed by atoms with Gasteiger partial charge in [0.15, 0.2) is 0 Å². The van der Waals surface area contributed by atoms with Crippen molar-refractivity contribution in [1.29, 1.82) is 0 Å². The van der Waals surface area contributed by atoms with Gasteiger partial charge in [0.1, 0.15) is 0 Å². The minimum Gasteiger partial charge on any atom is -0.465 e. The number of anilines is 1. The third-order valence-electron chi connectivity index (χ3n) is 3.06. The number of rotatable bonds is 4. The predicted molar refractivity (Wildman–Crippen MR) is 67.2 cm³/mol. The number of esters is 1. The second-order valence-corrected chi connectivity index (χ2v) is 4.31. The number of carbonyl (C=O) groups excluding carboxylic acids is 1. The highest BCUT2D eigenvalue weighted by Gasteiger charge is 2.13. The van der Waals surface area contributed by atoms with Crippen LogP contribution >= 0.6 is 0 Å². The van der Waals surface area contributed by atoms with Crippen LogP contribution < -0.4 is 10.6 Å². The fraction of sp³-hybridized carbons (Fsp3) is 0.462. The van der Waals surface area contributed by atoms with E-state index in [0.717, 1.165) is 25.3 Å². The molecule has 1 aliphatic heterocycles. The minimum absolute atomic E-state index is 0.295. The summed E-state index contributed by atoms with van der Waals surface area (Å²) in [7, 11) is 1.39. The fourth-order valence-corrected chi connectivity index (χ4v) is 1.99. The summed E-state index contributed by atoms with van der Waals surface area (Å²) < 4.78 is 4.65. The van der Waals surface area contributed by atoms with E-state index < -0.39 is 0 Å². The van der Waals surface area contributed by atoms with E-state index >= 15 is 0 Å². The molecule has 1 atom stereocenters. The molecule has 0 aromatic heterocycles. The van der Waals surface area contributed by atoms with Crippen molar-refractivity contribution < 1.29 is 9.53 Å². The van der Waals surface area contributed by atoms with Gasteiger partial charge in [-0.2, -0.15) is 0 Å². The summed E-state index contributed by atoms with van der Waals surface area (Å²) >= 11 is 0. The molecule has 1 fully saturated rings. The Kier molecular flexibility index (Phi) is 3.98. The van der Waals surface area contributed by atoms with Gasteiger partial charge in [0.05, 0.1) is 12.7 Å². The summed E-state index contributed by atoms with van der Waals surface area (Å²) in [6.45, 7) is 3.19. The number of carbonyl (C=O) groups is 1. The zero-order valence-electron chi connectivity index (χ0n) is 10.0. The van der Waals surface area contributed by atoms with Crippen molar-refractivity contribution in [2.75, 3.05) is 32.1 Å². The van der Waals surface area contributed by atoms with Gasteiger partial charge in [0.2, 0.25) is 0 Å². The molecule has 0 radical (unpaired) electrons. The van der Waals surface area contributed by atoms with Crippen LogP contribution in [0.5, 0.6) is 0 Å². The summed E-state index contributed by atoms with van der Waals surface area (Å²) in [6.07, 6.45) is 1.23. The Hall–Kier alpha value is -1.55. The molecule has 0 saturated carbocycles. The standard InChI is InChI=1S/C13H18N2O2/c1-17-13(16)11-2-4-12(5-3-11)15-9-10-6-7-14-8-10/h2-5,10,14-15H,6-9H2,1H3. The normalized spacial score (nSPS) is 19.0. The molecule has 0 aliphatic carbocycles. The quantitative estimate of drug-likeness (QED) is 0.775. The Morgan fingerprint density at radius 2 is 2.24 bits per heavy atom. The maximum atomic E-state index is 11.2. The number of nitrogens with one attached hydrogen (secondary N) is 2. The van der Waals surface area contributed by atoms with E-state index in [0.29, 0.717) is 11.5 Å². The van der Waals surface area contributed by atoms with Gasteiger partial charge in [0.25, 0.3) is 0 Å². The lowest BCUT2D eigenvalue weighted by Crippen LogP contribution is -2.17. The van der Waals surface area contributed by atoms with Crippen molar-refractivity contribution in [2.45, 2.75) is 6.42 Å². The van der Waals surface area contributed by atoms with Crippen LogP contribution in [-0.2, 0) is 4.74 Å². The maximum Gasteiger partial charge on any atom is 0.337 e. The summed E-state index contributed by atoms with van der Waals surface area (Å²) in [5.41, 5.74) is 1.63. The molecule has 2 N–H and O–H groups in total. The van der Waals surface area contributed by atoms with E-state index in [-0.39, 0.29) is 5.97 Å². The van der Waals surface area contributed by atoms with Gasteiger partial charge >= 0.3 is 5.97 Å². The summed E-state index contributed by atoms with van der Waals surface area (Å²) in [5, 5.41) is 6.72. The maximum absolute atomic E-state index is 11.2. The second kappa shape index (κ2) is 5.68. The molecule has 4 nitrogen and oxygen atoms in total. The number of methoxy groups -OCH3 is 1. The number of hydrogen-bond acceptors (Lipinski definition) is 4. The van der Waals surface area contributed by atoms with E-state index in [1.807, 2.05) is 12.1 Å². The average molecular weight is 234 g/mol. The Bertz CT molecular complexity index is 370. The molecule has 0 amide bonds. The van der Waals surface area contributed by atoms with Crippen molar-refractivity contribution in [3.63, 3.8) is 0 Å². The highest BCUT2D eigenvalue weighted by atomic mass is 16.5. The van der Waals surface area contributed by atoms with E-state index in [9.17, 15) is 4.79 Å². The Balaban J connectivity index is 1.87. The van der Waals surface area contributed by atoms with Crippen LogP contribution in [-0.4, -0.2) is 32.7 Å². The second-order valence-electron chi connectivity index (χ2n) is 4.31. The molecule has 1 saturated heterocycles. The fourth-order valence-electron chi connectivity index (χ4n) is 1.99. The van der Waals surface area contributed by atoms with Crippen molar-refractivity contribution in [1.82, 2.24) is 5.32 Å². The van der Waals surface area contributed by atoms with Gasteiger partial charge in [0, 0.05) is 12.2 Å². The van der Waals surface area contributed by atoms with Crippen LogP contribution in [0.15, 0.2) is 24.3 Å². The molecular formula is C13H18N2O2. The molecule has 17 heavy (non-hydrogen) atoms. The molecule has 1 aliphatic rings. The van der Waals surface area contributed by atoms with Crippen molar-refractivity contribution >= 4 is 11.7 Å². The van der Waals surface area contributed by atoms with Crippen molar-refractivity contribution in [3.05, 3.63) is 29.8 Å². The van der Waals surface area contributed by atoms with Crippen LogP contribution in [0.4, 0.5) is 5.69 Å². The smallest absolute Gasteiger partial charge is 0.337 e. The average Bonchev–Trinajstić information content (AvgIpc) is 2.89. The summed E-state index contributed by atoms with van der Waals surface area (Å²) in [5.74, 6) is 0.409. The number of benzene rings is 1. The first kappa shape index (κ1) is 11.9. The topological polar surface area (TPSA) is 50.4 Å². The van der Waals surface area contributed by atoms with Crippen LogP contribution in [0.25, 0.3) is 0 Å².